The molecule has 4 atom stereocenters. The summed E-state index contributed by atoms with van der Waals surface area (Å²) >= 11 is 10.6. The summed E-state index contributed by atoms with van der Waals surface area (Å²) in [6, 6.07) is 13.7. The second-order valence-corrected chi connectivity index (χ2v) is 17.7. The largest absolute Gasteiger partial charge is 0.461 e. The molecule has 0 aromatic heterocycles. The van der Waals surface area contributed by atoms with Crippen LogP contribution in [0, 0.1) is 26.1 Å². The van der Waals surface area contributed by atoms with Crippen LogP contribution < -0.4 is 10.0 Å². The van der Waals surface area contributed by atoms with Gasteiger partial charge in [0.2, 0.25) is 6.10 Å². The molecule has 268 valence electrons. The number of esters is 3. The van der Waals surface area contributed by atoms with E-state index in [-0.39, 0.29) is 5.75 Å². The van der Waals surface area contributed by atoms with E-state index in [1.165, 1.54) is 12.1 Å². The van der Waals surface area contributed by atoms with Gasteiger partial charge >= 0.3 is 17.9 Å². The van der Waals surface area contributed by atoms with Gasteiger partial charge < -0.3 is 28.6 Å². The highest BCUT2D eigenvalue weighted by Gasteiger charge is 2.31. The number of carbonyl (C=O) groups excluding carboxylic acids is 3. The third-order valence-electron chi connectivity index (χ3n) is 7.15. The Morgan fingerprint density at radius 3 is 2.16 bits per heavy atom. The number of rotatable bonds is 18. The van der Waals surface area contributed by atoms with Crippen molar-refractivity contribution in [2.75, 3.05) is 39.5 Å². The number of benzene rings is 2. The van der Waals surface area contributed by atoms with E-state index in [2.05, 4.69) is 28.2 Å². The highest BCUT2D eigenvalue weighted by molar-refractivity contribution is 8.65. The number of morpholine rings is 1. The quantitative estimate of drug-likeness (QED) is 0.0582. The van der Waals surface area contributed by atoms with Gasteiger partial charge in [-0.05, 0) is 54.7 Å². The molecule has 3 rings (SSSR count). The maximum Gasteiger partial charge on any atom is 0.356 e. The molecule has 0 amide bonds. The lowest BCUT2D eigenvalue weighted by atomic mass is 9.97. The van der Waals surface area contributed by atoms with E-state index in [1.54, 1.807) is 31.2 Å². The molecule has 16 nitrogen and oxygen atoms in total. The zero-order valence-electron chi connectivity index (χ0n) is 27.0. The fraction of sp³-hybridized carbons (Fsp3) is 0.500. The van der Waals surface area contributed by atoms with Crippen molar-refractivity contribution < 1.29 is 53.2 Å². The standard InChI is InChI=1S/C30H38N3O13PS2/c1-20(2)16-22-4-6-23(7-5-22)21(3)29(35)45-27(19-42-28(34)17-25(46-33(39)40)18-43-32(37)38)30(36)44-24-8-10-26(11-9-24)47(48,49)31-12-14-41-15-13-31/h4-11,20-21,25,27H,12-19H2,1-3H3,(H,48,49). The molecule has 49 heavy (non-hydrogen) atoms. The maximum atomic E-state index is 13.3. The monoisotopic (exact) mass is 743 g/mol. The SMILES string of the molecule is CC(C)Cc1ccc(C(C)C(=O)OC(COC(=O)CC(CO[N+](=O)[O-])O[N+](=O)[O-])C(=O)Oc2ccc(P(=S)(S)N3CCOCC3)cc2)cc1. The molecule has 2 aromatic rings. The van der Waals surface area contributed by atoms with E-state index in [4.69, 9.17) is 43.0 Å². The van der Waals surface area contributed by atoms with Crippen molar-refractivity contribution in [2.45, 2.75) is 51.7 Å². The predicted molar refractivity (Wildman–Crippen MR) is 181 cm³/mol. The number of nitrogens with zero attached hydrogens (tertiary/aromatic N) is 3. The van der Waals surface area contributed by atoms with Gasteiger partial charge in [-0.15, -0.1) is 32.5 Å². The Kier molecular flexibility index (Phi) is 15.2. The summed E-state index contributed by atoms with van der Waals surface area (Å²) in [6.07, 6.45) is -3.46. The molecule has 1 fully saturated rings. The normalized spacial score (nSPS) is 16.3. The maximum absolute atomic E-state index is 13.3. The summed E-state index contributed by atoms with van der Waals surface area (Å²) in [5, 5.41) is 17.1. The average molecular weight is 744 g/mol. The Morgan fingerprint density at radius 1 is 0.959 bits per heavy atom. The zero-order valence-corrected chi connectivity index (χ0v) is 29.6. The van der Waals surface area contributed by atoms with Gasteiger partial charge in [-0.3, -0.25) is 14.3 Å². The van der Waals surface area contributed by atoms with Crippen molar-refractivity contribution in [3.8, 4) is 5.75 Å². The van der Waals surface area contributed by atoms with E-state index in [0.29, 0.717) is 37.8 Å². The molecular weight excluding hydrogens is 705 g/mol. The molecule has 0 saturated carbocycles. The van der Waals surface area contributed by atoms with Gasteiger partial charge in [0.1, 0.15) is 25.1 Å². The van der Waals surface area contributed by atoms with Crippen molar-refractivity contribution in [1.82, 2.24) is 4.67 Å². The molecule has 0 aliphatic carbocycles. The van der Waals surface area contributed by atoms with E-state index in [0.717, 1.165) is 17.3 Å². The van der Waals surface area contributed by atoms with Crippen LogP contribution in [-0.4, -0.2) is 84.5 Å². The number of hydrogen-bond donors (Lipinski definition) is 1. The summed E-state index contributed by atoms with van der Waals surface area (Å²) in [5.74, 6) is -3.37. The molecule has 1 saturated heterocycles. The minimum Gasteiger partial charge on any atom is -0.461 e. The molecule has 1 aliphatic rings. The first-order valence-electron chi connectivity index (χ1n) is 15.2. The Labute approximate surface area is 292 Å². The third kappa shape index (κ3) is 12.9. The molecule has 1 aliphatic heterocycles. The van der Waals surface area contributed by atoms with E-state index < -0.39 is 71.2 Å². The smallest absolute Gasteiger partial charge is 0.356 e. The Morgan fingerprint density at radius 2 is 1.59 bits per heavy atom. The molecule has 0 spiro atoms. The summed E-state index contributed by atoms with van der Waals surface area (Å²) in [4.78, 5) is 68.6. The summed E-state index contributed by atoms with van der Waals surface area (Å²) in [5.41, 5.74) is 1.70. The van der Waals surface area contributed by atoms with Gasteiger partial charge in [0, 0.05) is 18.4 Å². The number of ether oxygens (including phenoxy) is 4. The van der Waals surface area contributed by atoms with Gasteiger partial charge in [0.25, 0.3) is 10.2 Å². The van der Waals surface area contributed by atoms with E-state index in [9.17, 15) is 34.6 Å². The van der Waals surface area contributed by atoms with Crippen LogP contribution in [0.15, 0.2) is 48.5 Å². The van der Waals surface area contributed by atoms with Crippen molar-refractivity contribution >= 4 is 52.7 Å². The highest BCUT2D eigenvalue weighted by Crippen LogP contribution is 2.53. The molecule has 1 heterocycles. The second kappa shape index (κ2) is 18.8. The van der Waals surface area contributed by atoms with Crippen LogP contribution in [0.4, 0.5) is 0 Å². The van der Waals surface area contributed by atoms with Crippen LogP contribution in [0.1, 0.15) is 44.2 Å². The summed E-state index contributed by atoms with van der Waals surface area (Å²) < 4.78 is 23.5. The molecule has 0 bridgehead atoms. The molecule has 19 heteroatoms. The van der Waals surface area contributed by atoms with Gasteiger partial charge in [-0.1, -0.05) is 49.9 Å². The average Bonchev–Trinajstić information content (AvgIpc) is 3.05. The minimum atomic E-state index is -2.40. The van der Waals surface area contributed by atoms with Crippen LogP contribution in [0.2, 0.25) is 0 Å². The van der Waals surface area contributed by atoms with E-state index >= 15 is 0 Å². The fourth-order valence-corrected chi connectivity index (χ4v) is 7.99. The first kappa shape index (κ1) is 39.6. The van der Waals surface area contributed by atoms with Crippen LogP contribution in [0.3, 0.4) is 0 Å². The van der Waals surface area contributed by atoms with Crippen LogP contribution in [0.25, 0.3) is 0 Å². The third-order valence-corrected chi connectivity index (χ3v) is 12.1. The fourth-order valence-electron chi connectivity index (χ4n) is 4.63. The van der Waals surface area contributed by atoms with Gasteiger partial charge in [-0.25, -0.2) is 4.79 Å². The van der Waals surface area contributed by atoms with Crippen LogP contribution in [-0.2, 0) is 56.5 Å². The van der Waals surface area contributed by atoms with Crippen molar-refractivity contribution in [3.63, 3.8) is 0 Å². The first-order valence-corrected chi connectivity index (χ1v) is 19.1. The van der Waals surface area contributed by atoms with Crippen molar-refractivity contribution in [1.29, 1.82) is 0 Å². The minimum absolute atomic E-state index is 0.0802. The topological polar surface area (TPSA) is 196 Å². The molecule has 2 aromatic carbocycles. The van der Waals surface area contributed by atoms with Gasteiger partial charge in [0.15, 0.2) is 0 Å². The Bertz CT molecular complexity index is 1510. The number of hydrogen-bond acceptors (Lipinski definition) is 14. The lowest BCUT2D eigenvalue weighted by Gasteiger charge is -2.34. The van der Waals surface area contributed by atoms with Crippen molar-refractivity contribution in [3.05, 3.63) is 79.9 Å². The Hall–Kier alpha value is -3.83. The molecule has 4 unspecified atom stereocenters. The number of thiol groups is 1. The Balaban J connectivity index is 1.74. The van der Waals surface area contributed by atoms with E-state index in [1.807, 2.05) is 12.1 Å². The predicted octanol–water partition coefficient (Wildman–Crippen LogP) is 3.42. The first-order chi connectivity index (χ1) is 23.1. The second-order valence-electron chi connectivity index (χ2n) is 11.4. The number of carbonyl (C=O) groups is 3. The van der Waals surface area contributed by atoms with Crippen LogP contribution >= 0.6 is 17.6 Å². The zero-order chi connectivity index (χ0) is 36.1. The summed E-state index contributed by atoms with van der Waals surface area (Å²) in [7, 11) is 0. The van der Waals surface area contributed by atoms with Crippen LogP contribution in [0.5, 0.6) is 5.75 Å². The molecule has 0 radical (unpaired) electrons. The lowest BCUT2D eigenvalue weighted by Crippen LogP contribution is -2.37. The van der Waals surface area contributed by atoms with Crippen molar-refractivity contribution in [2.24, 2.45) is 5.92 Å². The van der Waals surface area contributed by atoms with Gasteiger partial charge in [0.05, 0.1) is 30.9 Å². The summed E-state index contributed by atoms with van der Waals surface area (Å²) in [6.45, 7) is 6.31. The molecular formula is C30H38N3O13PS2. The highest BCUT2D eigenvalue weighted by atomic mass is 32.9. The van der Waals surface area contributed by atoms with Gasteiger partial charge in [-0.2, -0.15) is 0 Å². The molecule has 0 N–H and O–H groups in total. The lowest BCUT2D eigenvalue weighted by molar-refractivity contribution is -0.789.